The number of amides is 1. The molecule has 4 rings (SSSR count). The van der Waals surface area contributed by atoms with Gasteiger partial charge in [0.1, 0.15) is 5.82 Å². The van der Waals surface area contributed by atoms with E-state index in [1.165, 1.54) is 28.6 Å². The van der Waals surface area contributed by atoms with Crippen molar-refractivity contribution in [2.75, 3.05) is 44.7 Å². The highest BCUT2D eigenvalue weighted by Crippen LogP contribution is 2.26. The Hall–Kier alpha value is -2.74. The van der Waals surface area contributed by atoms with E-state index in [1.54, 1.807) is 22.6 Å². The van der Waals surface area contributed by atoms with E-state index in [2.05, 4.69) is 43.4 Å². The summed E-state index contributed by atoms with van der Waals surface area (Å²) < 4.78 is 34.0. The third kappa shape index (κ3) is 6.82. The fourth-order valence-corrected chi connectivity index (χ4v) is 6.00. The molecule has 206 valence electrons. The van der Waals surface area contributed by atoms with Gasteiger partial charge in [0.25, 0.3) is 5.91 Å². The Labute approximate surface area is 227 Å². The molecule has 2 N–H and O–H groups in total. The third-order valence-electron chi connectivity index (χ3n) is 5.83. The molecule has 13 heteroatoms. The Morgan fingerprint density at radius 3 is 2.47 bits per heavy atom. The average molecular weight is 562 g/mol. The highest BCUT2D eigenvalue weighted by molar-refractivity contribution is 7.99. The van der Waals surface area contributed by atoms with Gasteiger partial charge in [-0.2, -0.15) is 9.40 Å². The van der Waals surface area contributed by atoms with Crippen molar-refractivity contribution in [3.63, 3.8) is 0 Å². The largest absolute Gasteiger partial charge is 0.379 e. The Kier molecular flexibility index (Phi) is 9.23. The van der Waals surface area contributed by atoms with Gasteiger partial charge in [0.2, 0.25) is 10.0 Å². The van der Waals surface area contributed by atoms with Crippen molar-refractivity contribution in [2.45, 2.75) is 49.5 Å². The van der Waals surface area contributed by atoms with Crippen molar-refractivity contribution >= 4 is 44.5 Å². The van der Waals surface area contributed by atoms with Crippen LogP contribution in [0.25, 0.3) is 11.0 Å². The monoisotopic (exact) mass is 561 g/mol. The number of morpholine rings is 1. The van der Waals surface area contributed by atoms with E-state index in [-0.39, 0.29) is 10.8 Å². The van der Waals surface area contributed by atoms with E-state index in [0.29, 0.717) is 66.9 Å². The number of thioether (sulfide) groups is 1. The number of carbonyl (C=O) groups excluding carboxylic acids is 1. The fourth-order valence-electron chi connectivity index (χ4n) is 3.89. The predicted molar refractivity (Wildman–Crippen MR) is 148 cm³/mol. The Balaban J connectivity index is 1.41. The minimum atomic E-state index is -3.60. The van der Waals surface area contributed by atoms with Gasteiger partial charge < -0.3 is 15.4 Å². The maximum Gasteiger partial charge on any atom is 0.251 e. The van der Waals surface area contributed by atoms with Gasteiger partial charge >= 0.3 is 0 Å². The van der Waals surface area contributed by atoms with Crippen molar-refractivity contribution in [1.82, 2.24) is 29.4 Å². The normalized spacial score (nSPS) is 14.9. The number of benzene rings is 1. The van der Waals surface area contributed by atoms with Crippen molar-refractivity contribution in [2.24, 2.45) is 5.92 Å². The molecule has 38 heavy (non-hydrogen) atoms. The van der Waals surface area contributed by atoms with Crippen LogP contribution < -0.4 is 10.6 Å². The molecule has 0 atom stereocenters. The maximum atomic E-state index is 12.8. The van der Waals surface area contributed by atoms with E-state index in [0.717, 1.165) is 17.7 Å². The van der Waals surface area contributed by atoms with Gasteiger partial charge in [-0.05, 0) is 30.2 Å². The van der Waals surface area contributed by atoms with E-state index >= 15 is 0 Å². The molecule has 3 aromatic rings. The standard InChI is InChI=1S/C25H35N7O4S2/c1-17(2)15-27-22-21-16-28-32(23(21)30-25(29-22)37-18(3)4)10-9-26-24(33)19-5-7-20(8-6-19)38(34,35)31-11-13-36-14-12-31/h5-8,16-18H,9-15H2,1-4H3,(H,26,33)(H,27,29,30). The number of ether oxygens (including phenoxy) is 1. The molecule has 3 heterocycles. The molecule has 1 saturated heterocycles. The molecule has 2 aromatic heterocycles. The van der Waals surface area contributed by atoms with E-state index in [9.17, 15) is 13.2 Å². The summed E-state index contributed by atoms with van der Waals surface area (Å²) in [4.78, 5) is 22.3. The number of aromatic nitrogens is 4. The molecule has 0 bridgehead atoms. The van der Waals surface area contributed by atoms with E-state index in [4.69, 9.17) is 14.7 Å². The maximum absolute atomic E-state index is 12.8. The summed E-state index contributed by atoms with van der Waals surface area (Å²) in [6.45, 7) is 11.4. The lowest BCUT2D eigenvalue weighted by Crippen LogP contribution is -2.40. The second-order valence-corrected chi connectivity index (χ2v) is 13.2. The van der Waals surface area contributed by atoms with Crippen LogP contribution in [-0.4, -0.2) is 83.0 Å². The highest BCUT2D eigenvalue weighted by Gasteiger charge is 2.26. The zero-order valence-electron chi connectivity index (χ0n) is 22.2. The fraction of sp³-hybridized carbons (Fsp3) is 0.520. The number of fused-ring (bicyclic) bond motifs is 1. The van der Waals surface area contributed by atoms with Crippen LogP contribution in [0.5, 0.6) is 0 Å². The van der Waals surface area contributed by atoms with Crippen molar-refractivity contribution in [3.8, 4) is 0 Å². The molecule has 1 aliphatic heterocycles. The minimum absolute atomic E-state index is 0.163. The first kappa shape index (κ1) is 28.3. The van der Waals surface area contributed by atoms with Crippen LogP contribution in [0.2, 0.25) is 0 Å². The Morgan fingerprint density at radius 2 is 1.82 bits per heavy atom. The first-order valence-electron chi connectivity index (χ1n) is 12.8. The molecule has 1 amide bonds. The van der Waals surface area contributed by atoms with Gasteiger partial charge in [-0.15, -0.1) is 0 Å². The lowest BCUT2D eigenvalue weighted by atomic mass is 10.2. The second-order valence-electron chi connectivity index (χ2n) is 9.70. The van der Waals surface area contributed by atoms with Gasteiger partial charge in [0, 0.05) is 37.0 Å². The van der Waals surface area contributed by atoms with Crippen molar-refractivity contribution < 1.29 is 17.9 Å². The highest BCUT2D eigenvalue weighted by atomic mass is 32.2. The summed E-state index contributed by atoms with van der Waals surface area (Å²) in [5, 5.41) is 12.6. The molecule has 1 fully saturated rings. The molecule has 0 aliphatic carbocycles. The number of hydrogen-bond acceptors (Lipinski definition) is 9. The summed E-state index contributed by atoms with van der Waals surface area (Å²) in [6.07, 6.45) is 1.75. The number of sulfonamides is 1. The van der Waals surface area contributed by atoms with E-state index < -0.39 is 10.0 Å². The van der Waals surface area contributed by atoms with Crippen LogP contribution in [0.3, 0.4) is 0 Å². The van der Waals surface area contributed by atoms with Crippen LogP contribution in [0.4, 0.5) is 5.82 Å². The molecular weight excluding hydrogens is 526 g/mol. The number of nitrogens with one attached hydrogen (secondary N) is 2. The molecule has 11 nitrogen and oxygen atoms in total. The Bertz CT molecular complexity index is 1350. The van der Waals surface area contributed by atoms with Crippen molar-refractivity contribution in [1.29, 1.82) is 0 Å². The second kappa shape index (κ2) is 12.4. The Morgan fingerprint density at radius 1 is 1.11 bits per heavy atom. The first-order valence-corrected chi connectivity index (χ1v) is 15.1. The van der Waals surface area contributed by atoms with Crippen LogP contribution in [0.1, 0.15) is 38.1 Å². The van der Waals surface area contributed by atoms with E-state index in [1.807, 2.05) is 0 Å². The van der Waals surface area contributed by atoms with Gasteiger partial charge in [0.15, 0.2) is 10.8 Å². The molecule has 0 saturated carbocycles. The van der Waals surface area contributed by atoms with Crippen molar-refractivity contribution in [3.05, 3.63) is 36.0 Å². The summed E-state index contributed by atoms with van der Waals surface area (Å²) in [5.41, 5.74) is 1.09. The van der Waals surface area contributed by atoms with Gasteiger partial charge in [-0.3, -0.25) is 4.79 Å². The first-order chi connectivity index (χ1) is 18.1. The predicted octanol–water partition coefficient (Wildman–Crippen LogP) is 2.85. The molecular formula is C25H35N7O4S2. The third-order valence-corrected chi connectivity index (χ3v) is 8.61. The number of carbonyl (C=O) groups is 1. The summed E-state index contributed by atoms with van der Waals surface area (Å²) in [6, 6.07) is 6.00. The zero-order valence-corrected chi connectivity index (χ0v) is 23.8. The summed E-state index contributed by atoms with van der Waals surface area (Å²) >= 11 is 1.59. The lowest BCUT2D eigenvalue weighted by Gasteiger charge is -2.26. The van der Waals surface area contributed by atoms with Gasteiger partial charge in [-0.1, -0.05) is 39.5 Å². The smallest absolute Gasteiger partial charge is 0.251 e. The van der Waals surface area contributed by atoms with Gasteiger partial charge in [-0.25, -0.2) is 23.1 Å². The average Bonchev–Trinajstić information content (AvgIpc) is 3.30. The van der Waals surface area contributed by atoms with Crippen LogP contribution >= 0.6 is 11.8 Å². The molecule has 0 radical (unpaired) electrons. The topological polar surface area (TPSA) is 131 Å². The number of hydrogen-bond donors (Lipinski definition) is 2. The minimum Gasteiger partial charge on any atom is -0.379 e. The summed E-state index contributed by atoms with van der Waals surface area (Å²) in [5.74, 6) is 0.927. The van der Waals surface area contributed by atoms with Crippen LogP contribution in [0, 0.1) is 5.92 Å². The quantitative estimate of drug-likeness (QED) is 0.268. The van der Waals surface area contributed by atoms with Crippen LogP contribution in [-0.2, 0) is 21.3 Å². The zero-order chi connectivity index (χ0) is 27.3. The molecule has 0 spiro atoms. The lowest BCUT2D eigenvalue weighted by molar-refractivity contribution is 0.0730. The number of nitrogens with zero attached hydrogens (tertiary/aromatic N) is 5. The molecule has 1 aromatic carbocycles. The van der Waals surface area contributed by atoms with Crippen LogP contribution in [0.15, 0.2) is 40.5 Å². The number of anilines is 1. The van der Waals surface area contributed by atoms with Gasteiger partial charge in [0.05, 0.1) is 36.2 Å². The number of rotatable bonds is 11. The molecule has 0 unspecified atom stereocenters. The summed E-state index contributed by atoms with van der Waals surface area (Å²) in [7, 11) is -3.60. The molecule has 1 aliphatic rings. The SMILES string of the molecule is CC(C)CNc1nc(SC(C)C)nc2c1cnn2CCNC(=O)c1ccc(S(=O)(=O)N2CCOCC2)cc1.